The Morgan fingerprint density at radius 1 is 0.327 bits per heavy atom. The van der Waals surface area contributed by atoms with E-state index in [4.69, 9.17) is 20.4 Å². The number of fused-ring (bicyclic) bond motifs is 3. The highest BCUT2D eigenvalue weighted by Crippen LogP contribution is 2.37. The fourth-order valence-corrected chi connectivity index (χ4v) is 7.25. The van der Waals surface area contributed by atoms with Crippen LogP contribution in [-0.4, -0.2) is 19.5 Å². The summed E-state index contributed by atoms with van der Waals surface area (Å²) >= 11 is 0. The third-order valence-corrected chi connectivity index (χ3v) is 9.98. The average molecular weight is 707 g/mol. The third-order valence-electron chi connectivity index (χ3n) is 9.98. The summed E-state index contributed by atoms with van der Waals surface area (Å²) in [5.41, 5.74) is 10.7. The number of hydrogen-bond acceptors (Lipinski definition) is 3. The largest absolute Gasteiger partial charge is 0.309 e. The first kappa shape index (κ1) is 28.1. The van der Waals surface area contributed by atoms with Crippen molar-refractivity contribution in [1.82, 2.24) is 19.5 Å². The molecule has 0 spiro atoms. The number of hydrogen-bond donors (Lipinski definition) is 0. The van der Waals surface area contributed by atoms with Crippen LogP contribution in [0.4, 0.5) is 0 Å². The number of aromatic nitrogens is 4. The molecule has 0 bridgehead atoms. The van der Waals surface area contributed by atoms with Crippen molar-refractivity contribution in [3.05, 3.63) is 206 Å². The van der Waals surface area contributed by atoms with Crippen molar-refractivity contribution in [2.45, 2.75) is 0 Å². The Labute approximate surface area is 325 Å². The van der Waals surface area contributed by atoms with Crippen LogP contribution in [-0.2, 0) is 0 Å². The summed E-state index contributed by atoms with van der Waals surface area (Å²) in [4.78, 5) is 14.8. The van der Waals surface area contributed by atoms with E-state index in [1.54, 1.807) is 0 Å². The minimum Gasteiger partial charge on any atom is -0.309 e. The summed E-state index contributed by atoms with van der Waals surface area (Å²) in [7, 11) is 0. The van der Waals surface area contributed by atoms with Gasteiger partial charge in [-0.1, -0.05) is 176 Å². The van der Waals surface area contributed by atoms with Gasteiger partial charge in [0.25, 0.3) is 0 Å². The van der Waals surface area contributed by atoms with Crippen LogP contribution in [0.15, 0.2) is 206 Å². The van der Waals surface area contributed by atoms with Crippen LogP contribution >= 0.6 is 0 Å². The Hall–Kier alpha value is -7.43. The molecule has 10 rings (SSSR count). The van der Waals surface area contributed by atoms with Crippen LogP contribution in [0.25, 0.3) is 95.0 Å². The van der Waals surface area contributed by atoms with Gasteiger partial charge in [0.2, 0.25) is 0 Å². The van der Waals surface area contributed by atoms with E-state index in [0.29, 0.717) is 28.4 Å². The van der Waals surface area contributed by atoms with E-state index in [1.807, 2.05) is 126 Å². The van der Waals surface area contributed by atoms with E-state index in [1.165, 1.54) is 0 Å². The van der Waals surface area contributed by atoms with Crippen molar-refractivity contribution < 1.29 is 5.48 Å². The molecule has 0 amide bonds. The molecule has 0 unspecified atom stereocenters. The van der Waals surface area contributed by atoms with Crippen molar-refractivity contribution >= 4 is 21.8 Å². The van der Waals surface area contributed by atoms with Crippen LogP contribution in [0.3, 0.4) is 0 Å². The van der Waals surface area contributed by atoms with Crippen molar-refractivity contribution in [2.24, 2.45) is 0 Å². The maximum Gasteiger partial charge on any atom is 0.164 e. The molecule has 0 saturated carbocycles. The SMILES string of the molecule is [2H]c1c([2H])c([2H])c2c(c1[2H])c1ccc(-c3ccc(-c4ccccc4)cc3)cc1n2-c1cccc(-c2cccc(-c3nc(-c4ccccc4)nc(-c4ccccc4)n3)c2)c1. The maximum atomic E-state index is 9.14. The fraction of sp³-hybridized carbons (Fsp3) is 0. The molecule has 55 heavy (non-hydrogen) atoms. The molecule has 0 aliphatic carbocycles. The highest BCUT2D eigenvalue weighted by molar-refractivity contribution is 6.10. The van der Waals surface area contributed by atoms with Gasteiger partial charge < -0.3 is 4.57 Å². The van der Waals surface area contributed by atoms with Crippen molar-refractivity contribution in [3.8, 4) is 73.2 Å². The van der Waals surface area contributed by atoms with Gasteiger partial charge in [-0.05, 0) is 63.7 Å². The average Bonchev–Trinajstić information content (AvgIpc) is 3.66. The van der Waals surface area contributed by atoms with Crippen molar-refractivity contribution in [3.63, 3.8) is 0 Å². The zero-order chi connectivity index (χ0) is 40.0. The molecule has 0 atom stereocenters. The summed E-state index contributed by atoms with van der Waals surface area (Å²) in [5.74, 6) is 1.73. The van der Waals surface area contributed by atoms with Gasteiger partial charge in [-0.25, -0.2) is 15.0 Å². The van der Waals surface area contributed by atoms with E-state index >= 15 is 0 Å². The molecule has 4 nitrogen and oxygen atoms in total. The van der Waals surface area contributed by atoms with E-state index < -0.39 is 0 Å². The van der Waals surface area contributed by atoms with Crippen molar-refractivity contribution in [2.75, 3.05) is 0 Å². The third kappa shape index (κ3) is 6.16. The van der Waals surface area contributed by atoms with E-state index in [9.17, 15) is 0 Å². The molecule has 0 N–H and O–H groups in total. The highest BCUT2D eigenvalue weighted by Gasteiger charge is 2.16. The molecular weight excluding hydrogens is 669 g/mol. The lowest BCUT2D eigenvalue weighted by Crippen LogP contribution is -2.00. The van der Waals surface area contributed by atoms with Gasteiger partial charge in [-0.3, -0.25) is 0 Å². The molecule has 258 valence electrons. The zero-order valence-corrected chi connectivity index (χ0v) is 29.6. The Kier molecular flexibility index (Phi) is 7.08. The molecular formula is C51H34N4. The Morgan fingerprint density at radius 2 is 0.782 bits per heavy atom. The predicted octanol–water partition coefficient (Wildman–Crippen LogP) is 13.0. The molecule has 2 aromatic heterocycles. The second-order valence-electron chi connectivity index (χ2n) is 13.4. The van der Waals surface area contributed by atoms with Gasteiger partial charge >= 0.3 is 0 Å². The Bertz CT molecular complexity index is 3130. The lowest BCUT2D eigenvalue weighted by Gasteiger charge is -2.12. The molecule has 0 fully saturated rings. The minimum atomic E-state index is -0.269. The highest BCUT2D eigenvalue weighted by atomic mass is 15.0. The second kappa shape index (κ2) is 13.8. The van der Waals surface area contributed by atoms with Gasteiger partial charge in [0, 0.05) is 33.2 Å². The van der Waals surface area contributed by atoms with Crippen LogP contribution in [0.2, 0.25) is 0 Å². The van der Waals surface area contributed by atoms with E-state index in [0.717, 1.165) is 66.7 Å². The molecule has 4 heteroatoms. The number of nitrogens with zero attached hydrogens (tertiary/aromatic N) is 4. The number of benzene rings is 8. The summed E-state index contributed by atoms with van der Waals surface area (Å²) in [5, 5.41) is 1.24. The topological polar surface area (TPSA) is 43.6 Å². The minimum absolute atomic E-state index is 0.0596. The Morgan fingerprint density at radius 3 is 1.44 bits per heavy atom. The summed E-state index contributed by atoms with van der Waals surface area (Å²) in [6.07, 6.45) is 0. The summed E-state index contributed by atoms with van der Waals surface area (Å²) in [6.45, 7) is 0. The van der Waals surface area contributed by atoms with Gasteiger partial charge in [-0.15, -0.1) is 0 Å². The van der Waals surface area contributed by atoms with E-state index in [2.05, 4.69) is 60.7 Å². The van der Waals surface area contributed by atoms with Crippen LogP contribution in [0.1, 0.15) is 5.48 Å². The molecule has 2 heterocycles. The smallest absolute Gasteiger partial charge is 0.164 e. The lowest BCUT2D eigenvalue weighted by molar-refractivity contribution is 1.07. The van der Waals surface area contributed by atoms with Gasteiger partial charge in [-0.2, -0.15) is 0 Å². The van der Waals surface area contributed by atoms with E-state index in [-0.39, 0.29) is 24.2 Å². The van der Waals surface area contributed by atoms with Crippen LogP contribution in [0.5, 0.6) is 0 Å². The maximum absolute atomic E-state index is 9.14. The predicted molar refractivity (Wildman–Crippen MR) is 227 cm³/mol. The van der Waals surface area contributed by atoms with Crippen molar-refractivity contribution in [1.29, 1.82) is 0 Å². The van der Waals surface area contributed by atoms with Crippen LogP contribution in [0, 0.1) is 0 Å². The standard InChI is InChI=1S/C51H34N4/c1-4-14-35(15-5-1)36-26-28-37(29-27-36)42-30-31-46-45-24-10-11-25-47(45)55(48(46)34-42)44-23-13-21-41(33-44)40-20-12-22-43(32-40)51-53-49(38-16-6-2-7-17-38)52-50(54-51)39-18-8-3-9-19-39/h1-34H/i10D,11D,24D,25D. The first-order valence-corrected chi connectivity index (χ1v) is 18.2. The van der Waals surface area contributed by atoms with Gasteiger partial charge in [0.1, 0.15) is 0 Å². The zero-order valence-electron chi connectivity index (χ0n) is 33.6. The normalized spacial score (nSPS) is 12.3. The molecule has 0 aliphatic heterocycles. The first-order valence-electron chi connectivity index (χ1n) is 20.2. The number of rotatable bonds is 7. The monoisotopic (exact) mass is 706 g/mol. The molecule has 0 radical (unpaired) electrons. The Balaban J connectivity index is 1.11. The number of para-hydroxylation sites is 1. The van der Waals surface area contributed by atoms with Crippen LogP contribution < -0.4 is 0 Å². The van der Waals surface area contributed by atoms with Gasteiger partial charge in [0.05, 0.1) is 16.5 Å². The quantitative estimate of drug-likeness (QED) is 0.166. The summed E-state index contributed by atoms with van der Waals surface area (Å²) in [6, 6.07) is 60.2. The molecule has 0 aliphatic rings. The molecule has 8 aromatic carbocycles. The van der Waals surface area contributed by atoms with Gasteiger partial charge in [0.15, 0.2) is 17.5 Å². The lowest BCUT2D eigenvalue weighted by atomic mass is 9.99. The first-order chi connectivity index (χ1) is 28.9. The molecule has 10 aromatic rings. The second-order valence-corrected chi connectivity index (χ2v) is 13.4. The fourth-order valence-electron chi connectivity index (χ4n) is 7.25. The summed E-state index contributed by atoms with van der Waals surface area (Å²) < 4.78 is 37.4. The molecule has 0 saturated heterocycles.